The van der Waals surface area contributed by atoms with Crippen molar-refractivity contribution in [1.29, 1.82) is 0 Å². The quantitative estimate of drug-likeness (QED) is 0.0908. The average Bonchev–Trinajstić information content (AvgIpc) is 2.73. The van der Waals surface area contributed by atoms with Gasteiger partial charge in [-0.15, -0.1) is 6.42 Å². The lowest BCUT2D eigenvalue weighted by molar-refractivity contribution is -0.385. The van der Waals surface area contributed by atoms with Crippen LogP contribution in [-0.4, -0.2) is 78.1 Å². The molecular weight excluding hydrogens is 510 g/mol. The number of halogens is 1. The highest BCUT2D eigenvalue weighted by molar-refractivity contribution is 14.1. The lowest BCUT2D eigenvalue weighted by Crippen LogP contribution is -2.40. The van der Waals surface area contributed by atoms with E-state index in [0.29, 0.717) is 24.5 Å². The highest BCUT2D eigenvalue weighted by Crippen LogP contribution is 2.43. The van der Waals surface area contributed by atoms with E-state index in [1.807, 2.05) is 6.92 Å². The van der Waals surface area contributed by atoms with E-state index in [-0.39, 0.29) is 21.3 Å². The second-order valence-corrected chi connectivity index (χ2v) is 10.5. The third kappa shape index (κ3) is 5.99. The van der Waals surface area contributed by atoms with Crippen LogP contribution in [0.3, 0.4) is 0 Å². The number of nitro benzene ring substituents is 1. The van der Waals surface area contributed by atoms with E-state index in [2.05, 4.69) is 62.1 Å². The number of benzene rings is 1. The SMILES string of the molecule is [B]CCN(CCI)c1c(C#C)cc([N+](=O)[O-])cc1/S(=C\C)N1CCC(N(C)C)CC1. The van der Waals surface area contributed by atoms with Gasteiger partial charge in [0.1, 0.15) is 0 Å². The second kappa shape index (κ2) is 12.1. The summed E-state index contributed by atoms with van der Waals surface area (Å²) in [6.45, 7) is 5.39. The number of anilines is 1. The Balaban J connectivity index is 2.58. The van der Waals surface area contributed by atoms with Crippen LogP contribution in [0.25, 0.3) is 0 Å². The smallest absolute Gasteiger partial charge is 0.271 e. The molecule has 1 fully saturated rings. The van der Waals surface area contributed by atoms with Crippen molar-refractivity contribution in [3.05, 3.63) is 27.8 Å². The molecule has 1 heterocycles. The van der Waals surface area contributed by atoms with Crippen LogP contribution in [0.4, 0.5) is 11.4 Å². The van der Waals surface area contributed by atoms with Gasteiger partial charge in [0.15, 0.2) is 0 Å². The Hall–Kier alpha value is -1.09. The van der Waals surface area contributed by atoms with Gasteiger partial charge in [0.05, 0.1) is 24.0 Å². The molecular formula is C21H30BIN4O2S. The lowest BCUT2D eigenvalue weighted by Gasteiger charge is -2.38. The number of rotatable bonds is 9. The largest absolute Gasteiger partial charge is 0.370 e. The maximum Gasteiger partial charge on any atom is 0.271 e. The number of piperidine rings is 1. The molecule has 0 spiro atoms. The number of hydrogen-bond donors (Lipinski definition) is 0. The van der Waals surface area contributed by atoms with Crippen LogP contribution in [0.15, 0.2) is 17.0 Å². The first-order valence-corrected chi connectivity index (χ1v) is 12.9. The van der Waals surface area contributed by atoms with Crippen molar-refractivity contribution in [2.75, 3.05) is 49.6 Å². The molecule has 0 amide bonds. The first-order valence-electron chi connectivity index (χ1n) is 10.1. The fourth-order valence-electron chi connectivity index (χ4n) is 3.86. The van der Waals surface area contributed by atoms with Gasteiger partial charge in [-0.1, -0.05) is 45.5 Å². The van der Waals surface area contributed by atoms with Crippen LogP contribution < -0.4 is 4.90 Å². The standard InChI is InChI=1S/C21H30BIN4O2S/c1-5-17-15-19(27(28)29)16-20(21(17)25(13-9-22)14-10-23)30(6-2)26-11-7-18(8-12-26)24(3)4/h1,6,15-16,18H,7-14H2,2-4H3. The summed E-state index contributed by atoms with van der Waals surface area (Å²) in [4.78, 5) is 16.7. The molecule has 2 radical (unpaired) electrons. The first-order chi connectivity index (χ1) is 14.4. The molecule has 1 unspecified atom stereocenters. The number of non-ortho nitro benzene ring substituents is 1. The number of alkyl halides is 1. The van der Waals surface area contributed by atoms with Gasteiger partial charge in [-0.05, 0) is 39.2 Å². The maximum atomic E-state index is 11.6. The summed E-state index contributed by atoms with van der Waals surface area (Å²) in [6, 6.07) is 3.81. The van der Waals surface area contributed by atoms with Crippen molar-refractivity contribution in [3.8, 4) is 12.3 Å². The molecule has 1 aromatic carbocycles. The summed E-state index contributed by atoms with van der Waals surface area (Å²) in [6.07, 6.45) is 8.49. The summed E-state index contributed by atoms with van der Waals surface area (Å²) in [5.74, 6) is 2.71. The van der Waals surface area contributed by atoms with E-state index in [0.717, 1.165) is 47.5 Å². The van der Waals surface area contributed by atoms with Gasteiger partial charge in [-0.25, -0.2) is 0 Å². The molecule has 0 saturated carbocycles. The highest BCUT2D eigenvalue weighted by atomic mass is 127. The number of nitro groups is 1. The molecule has 162 valence electrons. The molecule has 0 aliphatic carbocycles. The Kier molecular flexibility index (Phi) is 10.1. The lowest BCUT2D eigenvalue weighted by atomic mass is 10.0. The fraction of sp³-hybridized carbons (Fsp3) is 0.571. The summed E-state index contributed by atoms with van der Waals surface area (Å²) >= 11 is 2.34. The van der Waals surface area contributed by atoms with E-state index in [1.54, 1.807) is 6.07 Å². The summed E-state index contributed by atoms with van der Waals surface area (Å²) in [5, 5.41) is 13.8. The number of terminal acetylenes is 1. The summed E-state index contributed by atoms with van der Waals surface area (Å²) in [5.41, 5.74) is 1.54. The van der Waals surface area contributed by atoms with Crippen molar-refractivity contribution in [3.63, 3.8) is 0 Å². The molecule has 0 bridgehead atoms. The molecule has 0 N–H and O–H groups in total. The van der Waals surface area contributed by atoms with Gasteiger partial charge in [0.2, 0.25) is 0 Å². The molecule has 1 aliphatic heterocycles. The van der Waals surface area contributed by atoms with Crippen LogP contribution in [0.1, 0.15) is 25.3 Å². The zero-order chi connectivity index (χ0) is 22.3. The molecule has 6 nitrogen and oxygen atoms in total. The van der Waals surface area contributed by atoms with E-state index in [4.69, 9.17) is 14.3 Å². The Morgan fingerprint density at radius 1 is 1.40 bits per heavy atom. The van der Waals surface area contributed by atoms with Gasteiger partial charge in [-0.2, -0.15) is 0 Å². The maximum absolute atomic E-state index is 11.6. The second-order valence-electron chi connectivity index (χ2n) is 7.38. The monoisotopic (exact) mass is 540 g/mol. The van der Waals surface area contributed by atoms with E-state index in [1.165, 1.54) is 6.07 Å². The topological polar surface area (TPSA) is 52.9 Å². The van der Waals surface area contributed by atoms with Crippen LogP contribution in [0.5, 0.6) is 0 Å². The molecule has 0 aromatic heterocycles. The van der Waals surface area contributed by atoms with Crippen molar-refractivity contribution >= 4 is 57.8 Å². The van der Waals surface area contributed by atoms with E-state index < -0.39 is 0 Å². The molecule has 1 saturated heterocycles. The van der Waals surface area contributed by atoms with Crippen molar-refractivity contribution in [1.82, 2.24) is 9.21 Å². The third-order valence-electron chi connectivity index (χ3n) is 5.38. The predicted molar refractivity (Wildman–Crippen MR) is 139 cm³/mol. The molecule has 30 heavy (non-hydrogen) atoms. The Bertz CT molecular complexity index is 814. The molecule has 1 aromatic rings. The molecule has 2 rings (SSSR count). The van der Waals surface area contributed by atoms with Crippen molar-refractivity contribution in [2.24, 2.45) is 0 Å². The molecule has 1 atom stereocenters. The van der Waals surface area contributed by atoms with Crippen molar-refractivity contribution < 1.29 is 4.92 Å². The minimum absolute atomic E-state index is 0.0476. The van der Waals surface area contributed by atoms with E-state index in [9.17, 15) is 10.1 Å². The minimum Gasteiger partial charge on any atom is -0.370 e. The zero-order valence-corrected chi connectivity index (χ0v) is 21.0. The Morgan fingerprint density at radius 2 is 2.07 bits per heavy atom. The zero-order valence-electron chi connectivity index (χ0n) is 18.0. The summed E-state index contributed by atoms with van der Waals surface area (Å²) < 4.78 is 3.35. The van der Waals surface area contributed by atoms with Gasteiger partial charge >= 0.3 is 0 Å². The van der Waals surface area contributed by atoms with Crippen molar-refractivity contribution in [2.45, 2.75) is 37.0 Å². The first kappa shape index (κ1) is 25.2. The van der Waals surface area contributed by atoms with Crippen LogP contribution in [0, 0.1) is 22.5 Å². The molecule has 9 heteroatoms. The van der Waals surface area contributed by atoms with E-state index >= 15 is 0 Å². The third-order valence-corrected chi connectivity index (χ3v) is 7.99. The minimum atomic E-state index is -0.383. The number of hydrogen-bond acceptors (Lipinski definition) is 5. The fourth-order valence-corrected chi connectivity index (χ4v) is 6.55. The van der Waals surface area contributed by atoms with Crippen LogP contribution in [-0.2, 0) is 0 Å². The molecule has 1 aliphatic rings. The Labute approximate surface area is 198 Å². The highest BCUT2D eigenvalue weighted by Gasteiger charge is 2.27. The van der Waals surface area contributed by atoms with Gasteiger partial charge in [-0.3, -0.25) is 14.4 Å². The Morgan fingerprint density at radius 3 is 2.53 bits per heavy atom. The van der Waals surface area contributed by atoms with Gasteiger partial charge in [0, 0.05) is 53.7 Å². The average molecular weight is 540 g/mol. The predicted octanol–water partition coefficient (Wildman–Crippen LogP) is 3.80. The van der Waals surface area contributed by atoms with Crippen LogP contribution in [0.2, 0.25) is 6.32 Å². The van der Waals surface area contributed by atoms with Gasteiger partial charge < -0.3 is 9.80 Å². The van der Waals surface area contributed by atoms with Crippen LogP contribution >= 0.6 is 33.3 Å². The number of nitrogens with zero attached hydrogens (tertiary/aromatic N) is 4. The normalized spacial score (nSPS) is 16.5. The van der Waals surface area contributed by atoms with Gasteiger partial charge in [0.25, 0.3) is 5.69 Å². The summed E-state index contributed by atoms with van der Waals surface area (Å²) in [7, 11) is 9.75.